The summed E-state index contributed by atoms with van der Waals surface area (Å²) in [6.07, 6.45) is 1.21. The van der Waals surface area contributed by atoms with E-state index in [-0.39, 0.29) is 5.91 Å². The number of hydrogen-bond acceptors (Lipinski definition) is 2. The zero-order valence-corrected chi connectivity index (χ0v) is 12.4. The van der Waals surface area contributed by atoms with Gasteiger partial charge in [-0.2, -0.15) is 5.26 Å². The van der Waals surface area contributed by atoms with Crippen LogP contribution in [0.1, 0.15) is 53.7 Å². The van der Waals surface area contributed by atoms with Gasteiger partial charge in [0.15, 0.2) is 0 Å². The van der Waals surface area contributed by atoms with E-state index in [9.17, 15) is 10.1 Å². The highest BCUT2D eigenvalue weighted by atomic mass is 16.1. The van der Waals surface area contributed by atoms with Crippen molar-refractivity contribution in [3.63, 3.8) is 0 Å². The van der Waals surface area contributed by atoms with Crippen molar-refractivity contribution in [2.24, 2.45) is 0 Å². The second-order valence-electron chi connectivity index (χ2n) is 5.13. The Morgan fingerprint density at radius 1 is 1.21 bits per heavy atom. The lowest BCUT2D eigenvalue weighted by Gasteiger charge is -2.25. The summed E-state index contributed by atoms with van der Waals surface area (Å²) in [5, 5.41) is 12.2. The molecule has 0 aliphatic heterocycles. The summed E-state index contributed by atoms with van der Waals surface area (Å²) in [4.78, 5) is 12.4. The number of rotatable bonds is 4. The monoisotopic (exact) mass is 258 g/mol. The van der Waals surface area contributed by atoms with E-state index < -0.39 is 5.54 Å². The first-order valence-electron chi connectivity index (χ1n) is 6.70. The highest BCUT2D eigenvalue weighted by Gasteiger charge is 2.29. The summed E-state index contributed by atoms with van der Waals surface area (Å²) in [5.74, 6) is -0.153. The maximum absolute atomic E-state index is 12.4. The average Bonchev–Trinajstić information content (AvgIpc) is 2.35. The van der Waals surface area contributed by atoms with Crippen LogP contribution in [-0.2, 0) is 0 Å². The van der Waals surface area contributed by atoms with Gasteiger partial charge in [0.25, 0.3) is 5.91 Å². The number of nitrogens with zero attached hydrogens (tertiary/aromatic N) is 1. The molecule has 1 amide bonds. The molecular weight excluding hydrogens is 236 g/mol. The molecule has 1 aromatic carbocycles. The zero-order valence-electron chi connectivity index (χ0n) is 12.4. The van der Waals surface area contributed by atoms with Crippen LogP contribution in [0.4, 0.5) is 0 Å². The molecule has 0 unspecified atom stereocenters. The minimum Gasteiger partial charge on any atom is -0.334 e. The summed E-state index contributed by atoms with van der Waals surface area (Å²) in [5.41, 5.74) is 2.97. The number of carbonyl (C=O) groups excluding carboxylic acids is 1. The Morgan fingerprint density at radius 3 is 2.05 bits per heavy atom. The van der Waals surface area contributed by atoms with Crippen LogP contribution in [0, 0.1) is 32.1 Å². The van der Waals surface area contributed by atoms with E-state index in [4.69, 9.17) is 0 Å². The SMILES string of the molecule is CCC(C#N)(CC)NC(=O)c1c(C)cc(C)cc1C. The van der Waals surface area contributed by atoms with Gasteiger partial charge in [0, 0.05) is 5.56 Å². The third-order valence-electron chi connectivity index (χ3n) is 3.68. The molecule has 0 fully saturated rings. The molecule has 1 rings (SSSR count). The fraction of sp³-hybridized carbons (Fsp3) is 0.500. The van der Waals surface area contributed by atoms with Crippen LogP contribution in [-0.4, -0.2) is 11.4 Å². The van der Waals surface area contributed by atoms with E-state index in [1.165, 1.54) is 0 Å². The second kappa shape index (κ2) is 5.88. The number of nitrogens with one attached hydrogen (secondary N) is 1. The molecule has 102 valence electrons. The van der Waals surface area contributed by atoms with Gasteiger partial charge in [0.2, 0.25) is 0 Å². The third kappa shape index (κ3) is 3.14. The molecule has 0 aromatic heterocycles. The highest BCUT2D eigenvalue weighted by Crippen LogP contribution is 2.19. The number of benzene rings is 1. The molecule has 0 aliphatic rings. The Bertz CT molecular complexity index is 499. The van der Waals surface area contributed by atoms with Crippen molar-refractivity contribution in [1.29, 1.82) is 5.26 Å². The van der Waals surface area contributed by atoms with Gasteiger partial charge in [-0.1, -0.05) is 31.5 Å². The van der Waals surface area contributed by atoms with Gasteiger partial charge in [-0.05, 0) is 44.7 Å². The standard InChI is InChI=1S/C16H22N2O/c1-6-16(7-2,10-17)18-15(19)14-12(4)8-11(3)9-13(14)5/h8-9H,6-7H2,1-5H3,(H,18,19). The maximum atomic E-state index is 12.4. The Morgan fingerprint density at radius 2 is 1.68 bits per heavy atom. The lowest BCUT2D eigenvalue weighted by molar-refractivity contribution is 0.0914. The molecule has 0 saturated carbocycles. The second-order valence-corrected chi connectivity index (χ2v) is 5.13. The number of amides is 1. The molecule has 0 bridgehead atoms. The van der Waals surface area contributed by atoms with Crippen LogP contribution in [0.2, 0.25) is 0 Å². The lowest BCUT2D eigenvalue weighted by atomic mass is 9.92. The first kappa shape index (κ1) is 15.2. The molecule has 19 heavy (non-hydrogen) atoms. The van der Waals surface area contributed by atoms with Crippen LogP contribution in [0.3, 0.4) is 0 Å². The van der Waals surface area contributed by atoms with Crippen LogP contribution in [0.25, 0.3) is 0 Å². The largest absolute Gasteiger partial charge is 0.334 e. The summed E-state index contributed by atoms with van der Waals surface area (Å²) in [6.45, 7) is 9.71. The fourth-order valence-corrected chi connectivity index (χ4v) is 2.43. The van der Waals surface area contributed by atoms with Crippen molar-refractivity contribution in [1.82, 2.24) is 5.32 Å². The Balaban J connectivity index is 3.13. The van der Waals surface area contributed by atoms with E-state index in [2.05, 4.69) is 11.4 Å². The lowest BCUT2D eigenvalue weighted by Crippen LogP contribution is -2.46. The summed E-state index contributed by atoms with van der Waals surface area (Å²) in [7, 11) is 0. The van der Waals surface area contributed by atoms with E-state index in [0.29, 0.717) is 18.4 Å². The Hall–Kier alpha value is -1.82. The van der Waals surface area contributed by atoms with E-state index in [1.807, 2.05) is 46.8 Å². The van der Waals surface area contributed by atoms with E-state index in [1.54, 1.807) is 0 Å². The van der Waals surface area contributed by atoms with Crippen molar-refractivity contribution in [3.05, 3.63) is 34.4 Å². The molecule has 3 nitrogen and oxygen atoms in total. The highest BCUT2D eigenvalue weighted by molar-refractivity contribution is 5.97. The molecule has 1 N–H and O–H groups in total. The quantitative estimate of drug-likeness (QED) is 0.899. The maximum Gasteiger partial charge on any atom is 0.253 e. The average molecular weight is 258 g/mol. The topological polar surface area (TPSA) is 52.9 Å². The van der Waals surface area contributed by atoms with Crippen LogP contribution in [0.15, 0.2) is 12.1 Å². The van der Waals surface area contributed by atoms with E-state index >= 15 is 0 Å². The normalized spacial score (nSPS) is 10.9. The van der Waals surface area contributed by atoms with Crippen LogP contribution < -0.4 is 5.32 Å². The fourth-order valence-electron chi connectivity index (χ4n) is 2.43. The van der Waals surface area contributed by atoms with Crippen molar-refractivity contribution in [2.45, 2.75) is 53.0 Å². The molecule has 0 spiro atoms. The minimum atomic E-state index is -0.763. The number of hydrogen-bond donors (Lipinski definition) is 1. The van der Waals surface area contributed by atoms with Gasteiger partial charge in [-0.15, -0.1) is 0 Å². The van der Waals surface area contributed by atoms with Gasteiger partial charge in [-0.25, -0.2) is 0 Å². The van der Waals surface area contributed by atoms with Gasteiger partial charge in [-0.3, -0.25) is 4.79 Å². The van der Waals surface area contributed by atoms with Gasteiger partial charge in [0.05, 0.1) is 6.07 Å². The van der Waals surface area contributed by atoms with Crippen molar-refractivity contribution < 1.29 is 4.79 Å². The smallest absolute Gasteiger partial charge is 0.253 e. The predicted molar refractivity (Wildman–Crippen MR) is 77.0 cm³/mol. The van der Waals surface area contributed by atoms with E-state index in [0.717, 1.165) is 16.7 Å². The predicted octanol–water partition coefficient (Wildman–Crippen LogP) is 3.42. The van der Waals surface area contributed by atoms with Crippen LogP contribution in [0.5, 0.6) is 0 Å². The minimum absolute atomic E-state index is 0.153. The van der Waals surface area contributed by atoms with Gasteiger partial charge >= 0.3 is 0 Å². The molecule has 1 aromatic rings. The number of aryl methyl sites for hydroxylation is 3. The molecule has 0 radical (unpaired) electrons. The molecular formula is C16H22N2O. The summed E-state index contributed by atoms with van der Waals surface area (Å²) < 4.78 is 0. The van der Waals surface area contributed by atoms with Gasteiger partial charge in [0.1, 0.15) is 5.54 Å². The molecule has 0 heterocycles. The third-order valence-corrected chi connectivity index (χ3v) is 3.68. The zero-order chi connectivity index (χ0) is 14.6. The van der Waals surface area contributed by atoms with Crippen molar-refractivity contribution in [2.75, 3.05) is 0 Å². The van der Waals surface area contributed by atoms with Crippen LogP contribution >= 0.6 is 0 Å². The van der Waals surface area contributed by atoms with Gasteiger partial charge < -0.3 is 5.32 Å². The van der Waals surface area contributed by atoms with Crippen molar-refractivity contribution in [3.8, 4) is 6.07 Å². The molecule has 0 aliphatic carbocycles. The molecule has 3 heteroatoms. The number of nitriles is 1. The number of carbonyl (C=O) groups is 1. The summed E-state index contributed by atoms with van der Waals surface area (Å²) >= 11 is 0. The van der Waals surface area contributed by atoms with Crippen molar-refractivity contribution >= 4 is 5.91 Å². The molecule has 0 saturated heterocycles. The Labute approximate surface area is 115 Å². The first-order chi connectivity index (χ1) is 8.89. The summed E-state index contributed by atoms with van der Waals surface area (Å²) in [6, 6.07) is 6.22. The molecule has 0 atom stereocenters. The Kier molecular flexibility index (Phi) is 4.72. The first-order valence-corrected chi connectivity index (χ1v) is 6.70.